The number of halogens is 1. The molecule has 1 N–H and O–H groups in total. The number of carbonyl (C=O) groups is 1. The van der Waals surface area contributed by atoms with Gasteiger partial charge in [0.25, 0.3) is 5.91 Å². The summed E-state index contributed by atoms with van der Waals surface area (Å²) in [5.41, 5.74) is 3.18. The van der Waals surface area contributed by atoms with Gasteiger partial charge in [0.1, 0.15) is 30.6 Å². The van der Waals surface area contributed by atoms with Crippen LogP contribution in [0.5, 0.6) is 17.2 Å². The molecule has 0 bridgehead atoms. The lowest BCUT2D eigenvalue weighted by Crippen LogP contribution is -2.13. The maximum Gasteiger partial charge on any atom is 0.268 e. The highest BCUT2D eigenvalue weighted by molar-refractivity contribution is 7.14. The van der Waals surface area contributed by atoms with E-state index in [0.29, 0.717) is 39.6 Å². The Kier molecular flexibility index (Phi) is 8.98. The number of carbonyl (C=O) groups excluding carboxylic acids is 1. The normalized spacial score (nSPS) is 10.9. The van der Waals surface area contributed by atoms with Crippen LogP contribution in [0.25, 0.3) is 17.3 Å². The van der Waals surface area contributed by atoms with Gasteiger partial charge in [0.15, 0.2) is 16.6 Å². The number of methoxy groups -OCH3 is 1. The Balaban J connectivity index is 1.37. The molecule has 0 radical (unpaired) electrons. The molecule has 0 fully saturated rings. The van der Waals surface area contributed by atoms with Gasteiger partial charge in [0.2, 0.25) is 0 Å². The summed E-state index contributed by atoms with van der Waals surface area (Å²) >= 11 is 7.34. The third-order valence-corrected chi connectivity index (χ3v) is 6.58. The van der Waals surface area contributed by atoms with Gasteiger partial charge in [0, 0.05) is 16.0 Å². The first-order valence-corrected chi connectivity index (χ1v) is 12.9. The number of amides is 1. The zero-order chi connectivity index (χ0) is 26.9. The second-order valence-corrected chi connectivity index (χ2v) is 9.31. The molecule has 0 aliphatic heterocycles. The average molecular weight is 546 g/mol. The van der Waals surface area contributed by atoms with Gasteiger partial charge in [-0.05, 0) is 54.5 Å². The molecule has 9 heteroatoms. The van der Waals surface area contributed by atoms with E-state index < -0.39 is 5.91 Å². The first-order valence-electron chi connectivity index (χ1n) is 11.6. The van der Waals surface area contributed by atoms with Gasteiger partial charge in [0.05, 0.1) is 12.8 Å². The number of nitrogens with zero attached hydrogens (tertiary/aromatic N) is 2. The lowest BCUT2D eigenvalue weighted by Gasteiger charge is -2.12. The minimum atomic E-state index is -0.546. The first kappa shape index (κ1) is 26.7. The molecule has 0 aliphatic rings. The van der Waals surface area contributed by atoms with Crippen molar-refractivity contribution in [1.29, 1.82) is 5.26 Å². The Hall–Kier alpha value is -4.32. The number of thiazole rings is 1. The molecule has 0 spiro atoms. The van der Waals surface area contributed by atoms with Gasteiger partial charge in [-0.1, -0.05) is 48.0 Å². The number of ether oxygens (including phenoxy) is 3. The molecule has 3 aromatic carbocycles. The second kappa shape index (κ2) is 12.8. The van der Waals surface area contributed by atoms with Gasteiger partial charge >= 0.3 is 0 Å². The SMILES string of the molecule is COc1cc(/C=C(/C#N)C(=O)Nc2nc(-c3ccccc3)cs2)ccc1OCCOc1ccc(Cl)c(C)c1. The fourth-order valence-corrected chi connectivity index (χ4v) is 4.30. The number of hydrogen-bond acceptors (Lipinski definition) is 7. The average Bonchev–Trinajstić information content (AvgIpc) is 3.41. The van der Waals surface area contributed by atoms with Gasteiger partial charge < -0.3 is 14.2 Å². The van der Waals surface area contributed by atoms with Crippen molar-refractivity contribution in [2.75, 3.05) is 25.6 Å². The molecule has 0 aliphatic carbocycles. The van der Waals surface area contributed by atoms with Crippen molar-refractivity contribution in [2.45, 2.75) is 6.92 Å². The van der Waals surface area contributed by atoms with E-state index in [1.54, 1.807) is 30.3 Å². The number of benzene rings is 3. The van der Waals surface area contributed by atoms with Crippen molar-refractivity contribution in [1.82, 2.24) is 4.98 Å². The first-order chi connectivity index (χ1) is 18.5. The van der Waals surface area contributed by atoms with Gasteiger partial charge in [-0.25, -0.2) is 4.98 Å². The summed E-state index contributed by atoms with van der Waals surface area (Å²) in [6.45, 7) is 2.53. The molecule has 1 heterocycles. The Morgan fingerprint density at radius 1 is 1.08 bits per heavy atom. The zero-order valence-corrected chi connectivity index (χ0v) is 22.3. The van der Waals surface area contributed by atoms with Gasteiger partial charge in [-0.3, -0.25) is 10.1 Å². The molecule has 7 nitrogen and oxygen atoms in total. The molecule has 4 rings (SSSR count). The van der Waals surface area contributed by atoms with E-state index in [1.165, 1.54) is 24.5 Å². The van der Waals surface area contributed by atoms with Crippen LogP contribution < -0.4 is 19.5 Å². The smallest absolute Gasteiger partial charge is 0.268 e. The number of nitriles is 1. The Morgan fingerprint density at radius 2 is 1.87 bits per heavy atom. The van der Waals surface area contributed by atoms with Crippen molar-refractivity contribution >= 4 is 40.1 Å². The van der Waals surface area contributed by atoms with Crippen molar-refractivity contribution in [3.8, 4) is 34.6 Å². The molecular formula is C29H24ClN3O4S. The lowest BCUT2D eigenvalue weighted by molar-refractivity contribution is -0.112. The van der Waals surface area contributed by atoms with Gasteiger partial charge in [-0.15, -0.1) is 11.3 Å². The van der Waals surface area contributed by atoms with E-state index in [0.717, 1.165) is 16.8 Å². The number of aryl methyl sites for hydroxylation is 1. The van der Waals surface area contributed by atoms with Crippen LogP contribution >= 0.6 is 22.9 Å². The third kappa shape index (κ3) is 6.91. The summed E-state index contributed by atoms with van der Waals surface area (Å²) in [6.07, 6.45) is 1.49. The van der Waals surface area contributed by atoms with Crippen LogP contribution in [0.1, 0.15) is 11.1 Å². The maximum atomic E-state index is 12.7. The summed E-state index contributed by atoms with van der Waals surface area (Å²) in [4.78, 5) is 17.2. The van der Waals surface area contributed by atoms with Gasteiger partial charge in [-0.2, -0.15) is 5.26 Å². The van der Waals surface area contributed by atoms with Crippen molar-refractivity contribution in [3.05, 3.63) is 93.8 Å². The number of hydrogen-bond donors (Lipinski definition) is 1. The van der Waals surface area contributed by atoms with Crippen LogP contribution in [-0.4, -0.2) is 31.2 Å². The van der Waals surface area contributed by atoms with E-state index in [4.69, 9.17) is 25.8 Å². The second-order valence-electron chi connectivity index (χ2n) is 8.05. The number of nitrogens with one attached hydrogen (secondary N) is 1. The zero-order valence-electron chi connectivity index (χ0n) is 20.7. The van der Waals surface area contributed by atoms with E-state index in [1.807, 2.05) is 54.8 Å². The maximum absolute atomic E-state index is 12.7. The molecule has 0 unspecified atom stereocenters. The quantitative estimate of drug-likeness (QED) is 0.134. The largest absolute Gasteiger partial charge is 0.493 e. The van der Waals surface area contributed by atoms with Crippen LogP contribution in [0.3, 0.4) is 0 Å². The van der Waals surface area contributed by atoms with E-state index >= 15 is 0 Å². The fourth-order valence-electron chi connectivity index (χ4n) is 3.46. The number of aromatic nitrogens is 1. The molecule has 1 amide bonds. The van der Waals surface area contributed by atoms with Crippen LogP contribution in [0, 0.1) is 18.3 Å². The molecule has 0 atom stereocenters. The summed E-state index contributed by atoms with van der Waals surface area (Å²) in [5, 5.41) is 15.2. The molecular weight excluding hydrogens is 522 g/mol. The monoisotopic (exact) mass is 545 g/mol. The highest BCUT2D eigenvalue weighted by atomic mass is 35.5. The molecule has 192 valence electrons. The van der Waals surface area contributed by atoms with Crippen molar-refractivity contribution in [2.24, 2.45) is 0 Å². The third-order valence-electron chi connectivity index (χ3n) is 5.40. The predicted molar refractivity (Wildman–Crippen MR) is 150 cm³/mol. The summed E-state index contributed by atoms with van der Waals surface area (Å²) < 4.78 is 17.0. The van der Waals surface area contributed by atoms with Crippen LogP contribution in [0.4, 0.5) is 5.13 Å². The molecule has 0 saturated carbocycles. The number of rotatable bonds is 10. The van der Waals surface area contributed by atoms with E-state index in [2.05, 4.69) is 10.3 Å². The van der Waals surface area contributed by atoms with E-state index in [9.17, 15) is 10.1 Å². The molecule has 0 saturated heterocycles. The number of anilines is 1. The highest BCUT2D eigenvalue weighted by Crippen LogP contribution is 2.30. The summed E-state index contributed by atoms with van der Waals surface area (Å²) in [7, 11) is 1.52. The Morgan fingerprint density at radius 3 is 2.61 bits per heavy atom. The minimum Gasteiger partial charge on any atom is -0.493 e. The molecule has 38 heavy (non-hydrogen) atoms. The van der Waals surface area contributed by atoms with Crippen LogP contribution in [-0.2, 0) is 4.79 Å². The lowest BCUT2D eigenvalue weighted by atomic mass is 10.1. The Labute approximate surface area is 229 Å². The Bertz CT molecular complexity index is 1500. The predicted octanol–water partition coefficient (Wildman–Crippen LogP) is 6.78. The van der Waals surface area contributed by atoms with E-state index in [-0.39, 0.29) is 12.2 Å². The topological polar surface area (TPSA) is 93.5 Å². The molecule has 4 aromatic rings. The van der Waals surface area contributed by atoms with Crippen molar-refractivity contribution in [3.63, 3.8) is 0 Å². The van der Waals surface area contributed by atoms with Crippen LogP contribution in [0.15, 0.2) is 77.7 Å². The summed E-state index contributed by atoms with van der Waals surface area (Å²) in [6, 6.07) is 22.2. The summed E-state index contributed by atoms with van der Waals surface area (Å²) in [5.74, 6) is 1.14. The minimum absolute atomic E-state index is 0.0659. The highest BCUT2D eigenvalue weighted by Gasteiger charge is 2.14. The molecule has 1 aromatic heterocycles. The van der Waals surface area contributed by atoms with Crippen LogP contribution in [0.2, 0.25) is 5.02 Å². The standard InChI is InChI=1S/C29H24ClN3O4S/c1-19-14-23(9-10-24(19)30)36-12-13-37-26-11-8-20(16-27(26)35-2)15-22(17-31)28(34)33-29-32-25(18-38-29)21-6-4-3-5-7-21/h3-11,14-16,18H,12-13H2,1-2H3,(H,32,33,34)/b22-15-. The van der Waals surface area contributed by atoms with Crippen molar-refractivity contribution < 1.29 is 19.0 Å². The fraction of sp³-hybridized carbons (Fsp3) is 0.138.